The van der Waals surface area contributed by atoms with Crippen LogP contribution < -0.4 is 30.3 Å². The van der Waals surface area contributed by atoms with Crippen molar-refractivity contribution < 1.29 is 9.21 Å². The molecule has 1 aromatic carbocycles. The van der Waals surface area contributed by atoms with Crippen molar-refractivity contribution in [1.29, 1.82) is 5.26 Å². The molecule has 11 heteroatoms. The van der Waals surface area contributed by atoms with Gasteiger partial charge in [-0.3, -0.25) is 14.2 Å². The zero-order chi connectivity index (χ0) is 24.9. The number of thiazole rings is 1. The fourth-order valence-corrected chi connectivity index (χ4v) is 4.78. The van der Waals surface area contributed by atoms with Crippen LogP contribution >= 0.6 is 11.3 Å². The second-order valence-electron chi connectivity index (χ2n) is 7.95. The number of hydrogen-bond acceptors (Lipinski definition) is 9. The van der Waals surface area contributed by atoms with Gasteiger partial charge in [-0.05, 0) is 26.1 Å². The molecule has 0 unspecified atom stereocenters. The summed E-state index contributed by atoms with van der Waals surface area (Å²) in [6.07, 6.45) is 6.74. The number of benzene rings is 1. The summed E-state index contributed by atoms with van der Waals surface area (Å²) in [6.45, 7) is 5.70. The van der Waals surface area contributed by atoms with E-state index in [9.17, 15) is 14.9 Å². The van der Waals surface area contributed by atoms with Crippen LogP contribution in [0.25, 0.3) is 22.9 Å². The number of likely N-dealkylation sites (N-methyl/N-ethyl adjacent to an activating group) is 1. The molecule has 0 saturated carbocycles. The minimum atomic E-state index is -0.611. The van der Waals surface area contributed by atoms with Gasteiger partial charge >= 0.3 is 0 Å². The Bertz CT molecular complexity index is 1510. The third-order valence-corrected chi connectivity index (χ3v) is 6.78. The Morgan fingerprint density at radius 3 is 2.80 bits per heavy atom. The number of terminal acetylenes is 1. The van der Waals surface area contributed by atoms with E-state index in [1.165, 1.54) is 4.57 Å². The van der Waals surface area contributed by atoms with E-state index in [0.717, 1.165) is 43.0 Å². The molecule has 0 radical (unpaired) electrons. The van der Waals surface area contributed by atoms with Crippen LogP contribution in [0.15, 0.2) is 27.4 Å². The number of hydrogen-bond donors (Lipinski definition) is 2. The van der Waals surface area contributed by atoms with Crippen molar-refractivity contribution in [3.63, 3.8) is 0 Å². The van der Waals surface area contributed by atoms with Crippen LogP contribution in [-0.4, -0.2) is 60.1 Å². The summed E-state index contributed by atoms with van der Waals surface area (Å²) in [6, 6.07) is 8.03. The Morgan fingerprint density at radius 1 is 1.34 bits per heavy atom. The lowest BCUT2D eigenvalue weighted by Gasteiger charge is -2.31. The molecule has 3 aromatic rings. The van der Waals surface area contributed by atoms with Crippen LogP contribution in [0.3, 0.4) is 0 Å². The number of amides is 1. The minimum Gasteiger partial charge on any atom is -0.423 e. The van der Waals surface area contributed by atoms with Gasteiger partial charge in [-0.1, -0.05) is 5.92 Å². The molecule has 0 bridgehead atoms. The Hall–Kier alpha value is -4.06. The number of fused-ring (bicyclic) bond motifs is 1. The number of carbonyl (C=O) groups is 1. The van der Waals surface area contributed by atoms with E-state index in [0.29, 0.717) is 28.4 Å². The second kappa shape index (κ2) is 10.5. The van der Waals surface area contributed by atoms with Crippen LogP contribution in [0.2, 0.25) is 0 Å². The van der Waals surface area contributed by atoms with Gasteiger partial charge in [0, 0.05) is 50.7 Å². The highest BCUT2D eigenvalue weighted by Gasteiger charge is 2.19. The standard InChI is InChI=1S/C24H25N7O3S/c1-4-8-26-21(32)17(14-25)23-31(5-2)22(33)20(35-23)15-27-16-6-7-18-19(13-16)34-24(28-18)30-11-9-29(3)10-12-30/h1,6-7,13,15,27H,5,8-12H2,2-3H3,(H,26,32)/b20-15-,23-17+. The number of aromatic nitrogens is 2. The highest BCUT2D eigenvalue weighted by atomic mass is 32.1. The Kier molecular flexibility index (Phi) is 7.20. The average molecular weight is 492 g/mol. The van der Waals surface area contributed by atoms with Gasteiger partial charge in [0.05, 0.1) is 6.54 Å². The third kappa shape index (κ3) is 5.06. The molecule has 1 aliphatic heterocycles. The molecule has 0 atom stereocenters. The maximum Gasteiger partial charge on any atom is 0.298 e. The lowest BCUT2D eigenvalue weighted by atomic mass is 10.3. The quantitative estimate of drug-likeness (QED) is 0.466. The van der Waals surface area contributed by atoms with Gasteiger partial charge in [0.2, 0.25) is 0 Å². The monoisotopic (exact) mass is 491 g/mol. The minimum absolute atomic E-state index is 0.00702. The number of oxazole rings is 1. The summed E-state index contributed by atoms with van der Waals surface area (Å²) in [7, 11) is 2.09. The van der Waals surface area contributed by atoms with E-state index >= 15 is 0 Å². The molecule has 1 fully saturated rings. The van der Waals surface area contributed by atoms with E-state index in [2.05, 4.69) is 38.4 Å². The smallest absolute Gasteiger partial charge is 0.298 e. The van der Waals surface area contributed by atoms with Gasteiger partial charge in [0.15, 0.2) is 11.2 Å². The van der Waals surface area contributed by atoms with Crippen molar-refractivity contribution in [2.24, 2.45) is 0 Å². The first kappa shape index (κ1) is 24.1. The molecule has 180 valence electrons. The highest BCUT2D eigenvalue weighted by Crippen LogP contribution is 2.25. The molecule has 3 heterocycles. The molecule has 0 aliphatic carbocycles. The summed E-state index contributed by atoms with van der Waals surface area (Å²) >= 11 is 1.07. The van der Waals surface area contributed by atoms with Crippen LogP contribution in [0.5, 0.6) is 0 Å². The highest BCUT2D eigenvalue weighted by molar-refractivity contribution is 7.07. The van der Waals surface area contributed by atoms with Crippen LogP contribution in [-0.2, 0) is 11.3 Å². The zero-order valence-electron chi connectivity index (χ0n) is 19.5. The topological polar surface area (TPSA) is 119 Å². The molecular weight excluding hydrogens is 466 g/mol. The molecule has 1 amide bonds. The molecule has 1 saturated heterocycles. The van der Waals surface area contributed by atoms with Gasteiger partial charge in [-0.15, -0.1) is 17.8 Å². The molecular formula is C24H25N7O3S. The summed E-state index contributed by atoms with van der Waals surface area (Å²) in [4.78, 5) is 34.2. The Morgan fingerprint density at radius 2 is 2.11 bits per heavy atom. The van der Waals surface area contributed by atoms with Gasteiger partial charge < -0.3 is 24.9 Å². The van der Waals surface area contributed by atoms with Crippen molar-refractivity contribution in [3.8, 4) is 18.4 Å². The predicted octanol–water partition coefficient (Wildman–Crippen LogP) is 0.0965. The number of piperazine rings is 1. The Balaban J connectivity index is 1.63. The van der Waals surface area contributed by atoms with E-state index < -0.39 is 5.91 Å². The summed E-state index contributed by atoms with van der Waals surface area (Å²) < 4.78 is 8.02. The molecule has 1 aliphatic rings. The summed E-state index contributed by atoms with van der Waals surface area (Å²) in [5.74, 6) is 1.68. The van der Waals surface area contributed by atoms with Crippen molar-refractivity contribution in [2.75, 3.05) is 50.0 Å². The lowest BCUT2D eigenvalue weighted by molar-refractivity contribution is -0.115. The lowest BCUT2D eigenvalue weighted by Crippen LogP contribution is -2.44. The fourth-order valence-electron chi connectivity index (χ4n) is 3.69. The van der Waals surface area contributed by atoms with Crippen molar-refractivity contribution in [2.45, 2.75) is 13.5 Å². The fraction of sp³-hybridized carbons (Fsp3) is 0.333. The van der Waals surface area contributed by atoms with Crippen LogP contribution in [0.1, 0.15) is 6.92 Å². The van der Waals surface area contributed by atoms with Crippen LogP contribution in [0.4, 0.5) is 11.7 Å². The van der Waals surface area contributed by atoms with Gasteiger partial charge in [0.25, 0.3) is 17.5 Å². The van der Waals surface area contributed by atoms with E-state index in [1.54, 1.807) is 13.1 Å². The SMILES string of the molecule is C#CCNC(=O)/C(C#N)=c1/s/c(=C\Nc2ccc3nc(N4CCN(C)CC4)oc3c2)c(=O)n1CC. The maximum absolute atomic E-state index is 12.9. The molecule has 2 aromatic heterocycles. The first-order chi connectivity index (χ1) is 16.9. The summed E-state index contributed by atoms with van der Waals surface area (Å²) in [5.41, 5.74) is 1.66. The number of nitriles is 1. The van der Waals surface area contributed by atoms with Crippen LogP contribution in [0, 0.1) is 23.7 Å². The van der Waals surface area contributed by atoms with E-state index in [1.807, 2.05) is 24.3 Å². The molecule has 4 rings (SSSR count). The third-order valence-electron chi connectivity index (χ3n) is 5.65. The number of nitrogens with one attached hydrogen (secondary N) is 2. The van der Waals surface area contributed by atoms with E-state index in [-0.39, 0.29) is 22.3 Å². The molecule has 10 nitrogen and oxygen atoms in total. The van der Waals surface area contributed by atoms with Crippen molar-refractivity contribution in [3.05, 3.63) is 37.7 Å². The molecule has 35 heavy (non-hydrogen) atoms. The zero-order valence-corrected chi connectivity index (χ0v) is 20.3. The predicted molar refractivity (Wildman–Crippen MR) is 136 cm³/mol. The first-order valence-electron chi connectivity index (χ1n) is 11.1. The number of nitrogens with zero attached hydrogens (tertiary/aromatic N) is 5. The van der Waals surface area contributed by atoms with Gasteiger partial charge in [0.1, 0.15) is 20.8 Å². The second-order valence-corrected chi connectivity index (χ2v) is 8.98. The number of carbonyl (C=O) groups excluding carboxylic acids is 1. The Labute approximate surface area is 205 Å². The van der Waals surface area contributed by atoms with E-state index in [4.69, 9.17) is 10.8 Å². The maximum atomic E-state index is 12.9. The molecule has 2 N–H and O–H groups in total. The number of anilines is 2. The van der Waals surface area contributed by atoms with Gasteiger partial charge in [-0.2, -0.15) is 10.2 Å². The first-order valence-corrected chi connectivity index (χ1v) is 11.9. The average Bonchev–Trinajstić information content (AvgIpc) is 3.42. The molecule has 0 spiro atoms. The largest absolute Gasteiger partial charge is 0.423 e. The van der Waals surface area contributed by atoms with Crippen molar-refractivity contribution in [1.82, 2.24) is 19.8 Å². The number of rotatable bonds is 6. The van der Waals surface area contributed by atoms with Crippen molar-refractivity contribution >= 4 is 51.8 Å². The summed E-state index contributed by atoms with van der Waals surface area (Å²) in [5, 5.41) is 15.1. The normalized spacial score (nSPS) is 15.5. The van der Waals surface area contributed by atoms with Gasteiger partial charge in [-0.25, -0.2) is 0 Å².